The molecule has 0 saturated carbocycles. The lowest BCUT2D eigenvalue weighted by atomic mass is 10.1. The number of halogens is 1. The van der Waals surface area contributed by atoms with Crippen molar-refractivity contribution in [1.82, 2.24) is 4.98 Å². The van der Waals surface area contributed by atoms with Crippen molar-refractivity contribution in [2.45, 2.75) is 12.3 Å². The second-order valence-corrected chi connectivity index (χ2v) is 4.76. The van der Waals surface area contributed by atoms with Crippen LogP contribution in [0.1, 0.15) is 11.5 Å². The third-order valence-electron chi connectivity index (χ3n) is 2.86. The lowest BCUT2D eigenvalue weighted by molar-refractivity contribution is 0.521. The molecule has 2 heterocycles. The minimum Gasteiger partial charge on any atom is -0.449 e. The molecule has 0 aliphatic heterocycles. The van der Waals surface area contributed by atoms with Crippen LogP contribution < -0.4 is 5.63 Å². The lowest BCUT2D eigenvalue weighted by Crippen LogP contribution is -1.98. The largest absolute Gasteiger partial charge is 0.449 e. The molecular formula is C14H10BrNO3. The van der Waals surface area contributed by atoms with Crippen LogP contribution in [0.3, 0.4) is 0 Å². The van der Waals surface area contributed by atoms with Crippen LogP contribution in [-0.2, 0) is 5.33 Å². The number of aromatic nitrogens is 1. The maximum absolute atomic E-state index is 11.6. The summed E-state index contributed by atoms with van der Waals surface area (Å²) in [6.45, 7) is 1.76. The maximum atomic E-state index is 11.6. The number of alkyl halides is 1. The van der Waals surface area contributed by atoms with Gasteiger partial charge in [-0.2, -0.15) is 0 Å². The number of hydrogen-bond donors (Lipinski definition) is 0. The van der Waals surface area contributed by atoms with Crippen LogP contribution >= 0.6 is 15.9 Å². The number of aryl methyl sites for hydroxylation is 1. The second kappa shape index (κ2) is 4.66. The van der Waals surface area contributed by atoms with Crippen LogP contribution in [0, 0.1) is 6.92 Å². The molecule has 0 amide bonds. The summed E-state index contributed by atoms with van der Waals surface area (Å²) in [6, 6.07) is 7.19. The molecule has 19 heavy (non-hydrogen) atoms. The number of oxazole rings is 1. The van der Waals surface area contributed by atoms with E-state index < -0.39 is 5.63 Å². The Balaban J connectivity index is 2.32. The van der Waals surface area contributed by atoms with Crippen LogP contribution in [0.5, 0.6) is 0 Å². The zero-order valence-electron chi connectivity index (χ0n) is 10.1. The van der Waals surface area contributed by atoms with E-state index in [1.54, 1.807) is 13.2 Å². The van der Waals surface area contributed by atoms with Crippen molar-refractivity contribution < 1.29 is 8.83 Å². The molecule has 0 saturated heterocycles. The third kappa shape index (κ3) is 2.21. The SMILES string of the molecule is Cc1nc(-c2cc(=O)oc3cc(CBr)ccc23)co1. The topological polar surface area (TPSA) is 56.2 Å². The van der Waals surface area contributed by atoms with Gasteiger partial charge in [-0.3, -0.25) is 0 Å². The normalized spacial score (nSPS) is 11.1. The molecule has 1 aromatic carbocycles. The van der Waals surface area contributed by atoms with Crippen LogP contribution in [0.25, 0.3) is 22.2 Å². The summed E-state index contributed by atoms with van der Waals surface area (Å²) in [5.74, 6) is 0.563. The Morgan fingerprint density at radius 3 is 2.84 bits per heavy atom. The predicted octanol–water partition coefficient (Wildman–Crippen LogP) is 3.65. The standard InChI is InChI=1S/C14H10BrNO3/c1-8-16-12(7-18-8)11-5-14(17)19-13-4-9(6-15)2-3-10(11)13/h2-5,7H,6H2,1H3. The minimum atomic E-state index is -0.394. The number of nitrogens with zero attached hydrogens (tertiary/aromatic N) is 1. The van der Waals surface area contributed by atoms with E-state index in [4.69, 9.17) is 8.83 Å². The van der Waals surface area contributed by atoms with Crippen molar-refractivity contribution in [3.05, 3.63) is 52.4 Å². The van der Waals surface area contributed by atoms with Gasteiger partial charge in [0.2, 0.25) is 0 Å². The van der Waals surface area contributed by atoms with Gasteiger partial charge in [0, 0.05) is 29.3 Å². The van der Waals surface area contributed by atoms with E-state index in [0.717, 1.165) is 16.5 Å². The summed E-state index contributed by atoms with van der Waals surface area (Å²) in [5, 5.41) is 1.55. The monoisotopic (exact) mass is 319 g/mol. The van der Waals surface area contributed by atoms with Crippen molar-refractivity contribution in [2.24, 2.45) is 0 Å². The first kappa shape index (κ1) is 12.2. The smallest absolute Gasteiger partial charge is 0.336 e. The van der Waals surface area contributed by atoms with E-state index in [9.17, 15) is 4.79 Å². The van der Waals surface area contributed by atoms with Crippen LogP contribution in [0.15, 0.2) is 44.2 Å². The molecule has 3 aromatic rings. The van der Waals surface area contributed by atoms with E-state index in [2.05, 4.69) is 20.9 Å². The highest BCUT2D eigenvalue weighted by Gasteiger charge is 2.11. The Hall–Kier alpha value is -1.88. The fourth-order valence-electron chi connectivity index (χ4n) is 1.99. The van der Waals surface area contributed by atoms with Gasteiger partial charge in [-0.25, -0.2) is 9.78 Å². The summed E-state index contributed by atoms with van der Waals surface area (Å²) in [6.07, 6.45) is 1.54. The number of rotatable bonds is 2. The summed E-state index contributed by atoms with van der Waals surface area (Å²) in [7, 11) is 0. The molecule has 0 bridgehead atoms. The molecule has 0 unspecified atom stereocenters. The molecule has 0 spiro atoms. The zero-order chi connectivity index (χ0) is 13.4. The first-order valence-electron chi connectivity index (χ1n) is 5.72. The van der Waals surface area contributed by atoms with Gasteiger partial charge in [-0.15, -0.1) is 0 Å². The molecule has 2 aromatic heterocycles. The van der Waals surface area contributed by atoms with Crippen molar-refractivity contribution >= 4 is 26.9 Å². The predicted molar refractivity (Wildman–Crippen MR) is 75.3 cm³/mol. The molecule has 0 radical (unpaired) electrons. The summed E-state index contributed by atoms with van der Waals surface area (Å²) in [4.78, 5) is 15.9. The molecule has 96 valence electrons. The molecular weight excluding hydrogens is 310 g/mol. The quantitative estimate of drug-likeness (QED) is 0.534. The van der Waals surface area contributed by atoms with Crippen LogP contribution in [0.4, 0.5) is 0 Å². The van der Waals surface area contributed by atoms with Gasteiger partial charge in [-0.05, 0) is 11.6 Å². The molecule has 0 N–H and O–H groups in total. The van der Waals surface area contributed by atoms with Gasteiger partial charge in [0.05, 0.1) is 0 Å². The Morgan fingerprint density at radius 2 is 2.16 bits per heavy atom. The third-order valence-corrected chi connectivity index (χ3v) is 3.51. The molecule has 0 aliphatic rings. The highest BCUT2D eigenvalue weighted by Crippen LogP contribution is 2.27. The molecule has 0 fully saturated rings. The van der Waals surface area contributed by atoms with E-state index in [1.165, 1.54) is 6.07 Å². The number of fused-ring (bicyclic) bond motifs is 1. The molecule has 4 nitrogen and oxygen atoms in total. The summed E-state index contributed by atoms with van der Waals surface area (Å²) >= 11 is 3.38. The Labute approximate surface area is 117 Å². The zero-order valence-corrected chi connectivity index (χ0v) is 11.7. The van der Waals surface area contributed by atoms with E-state index in [0.29, 0.717) is 22.5 Å². The maximum Gasteiger partial charge on any atom is 0.336 e. The van der Waals surface area contributed by atoms with E-state index in [-0.39, 0.29) is 0 Å². The van der Waals surface area contributed by atoms with E-state index >= 15 is 0 Å². The fourth-order valence-corrected chi connectivity index (χ4v) is 2.34. The summed E-state index contributed by atoms with van der Waals surface area (Å²) < 4.78 is 10.4. The second-order valence-electron chi connectivity index (χ2n) is 4.20. The minimum absolute atomic E-state index is 0.394. The fraction of sp³-hybridized carbons (Fsp3) is 0.143. The van der Waals surface area contributed by atoms with Crippen molar-refractivity contribution in [2.75, 3.05) is 0 Å². The van der Waals surface area contributed by atoms with Crippen molar-refractivity contribution in [3.63, 3.8) is 0 Å². The lowest BCUT2D eigenvalue weighted by Gasteiger charge is -2.03. The average Bonchev–Trinajstić information content (AvgIpc) is 2.83. The molecule has 3 rings (SSSR count). The van der Waals surface area contributed by atoms with E-state index in [1.807, 2.05) is 18.2 Å². The Morgan fingerprint density at radius 1 is 1.32 bits per heavy atom. The van der Waals surface area contributed by atoms with Gasteiger partial charge in [0.25, 0.3) is 0 Å². The highest BCUT2D eigenvalue weighted by atomic mass is 79.9. The van der Waals surface area contributed by atoms with Crippen molar-refractivity contribution in [1.29, 1.82) is 0 Å². The summed E-state index contributed by atoms with van der Waals surface area (Å²) in [5.41, 5.74) is 2.57. The molecule has 0 aliphatic carbocycles. The van der Waals surface area contributed by atoms with Gasteiger partial charge in [0.1, 0.15) is 17.5 Å². The Kier molecular flexibility index (Phi) is 2.98. The number of hydrogen-bond acceptors (Lipinski definition) is 4. The van der Waals surface area contributed by atoms with Gasteiger partial charge in [-0.1, -0.05) is 28.1 Å². The first-order chi connectivity index (χ1) is 9.17. The van der Waals surface area contributed by atoms with Gasteiger partial charge in [0.15, 0.2) is 5.89 Å². The number of benzene rings is 1. The van der Waals surface area contributed by atoms with Gasteiger partial charge < -0.3 is 8.83 Å². The first-order valence-corrected chi connectivity index (χ1v) is 6.85. The molecule has 5 heteroatoms. The molecule has 0 atom stereocenters. The average molecular weight is 320 g/mol. The highest BCUT2D eigenvalue weighted by molar-refractivity contribution is 9.08. The Bertz CT molecular complexity index is 804. The van der Waals surface area contributed by atoms with Gasteiger partial charge >= 0.3 is 5.63 Å². The van der Waals surface area contributed by atoms with Crippen molar-refractivity contribution in [3.8, 4) is 11.3 Å². The van der Waals surface area contributed by atoms with Crippen LogP contribution in [-0.4, -0.2) is 4.98 Å². The van der Waals surface area contributed by atoms with Crippen LogP contribution in [0.2, 0.25) is 0 Å².